The molecule has 0 aliphatic carbocycles. The zero-order valence-corrected chi connectivity index (χ0v) is 9.84. The Hall–Kier alpha value is -0.160. The Morgan fingerprint density at radius 1 is 1.27 bits per heavy atom. The van der Waals surface area contributed by atoms with Gasteiger partial charge in [-0.3, -0.25) is 4.90 Å². The summed E-state index contributed by atoms with van der Waals surface area (Å²) in [4.78, 5) is 4.92. The molecule has 2 heterocycles. The van der Waals surface area contributed by atoms with Crippen molar-refractivity contribution in [2.75, 3.05) is 66.0 Å². The Labute approximate surface area is 93.0 Å². The van der Waals surface area contributed by atoms with E-state index in [1.165, 1.54) is 39.3 Å². The SMILES string of the molecule is CN1CC(CNCCN2CCNCC2)C1. The molecule has 0 aromatic carbocycles. The minimum Gasteiger partial charge on any atom is -0.315 e. The van der Waals surface area contributed by atoms with Crippen molar-refractivity contribution in [2.24, 2.45) is 5.92 Å². The van der Waals surface area contributed by atoms with E-state index < -0.39 is 0 Å². The number of rotatable bonds is 5. The minimum atomic E-state index is 0.901. The average molecular weight is 212 g/mol. The molecule has 0 atom stereocenters. The quantitative estimate of drug-likeness (QED) is 0.575. The summed E-state index contributed by atoms with van der Waals surface area (Å²) in [5.41, 5.74) is 0. The first-order valence-corrected chi connectivity index (χ1v) is 6.17. The van der Waals surface area contributed by atoms with Crippen LogP contribution in [0.15, 0.2) is 0 Å². The number of piperazine rings is 1. The second kappa shape index (κ2) is 5.80. The highest BCUT2D eigenvalue weighted by molar-refractivity contribution is 4.78. The first-order chi connectivity index (χ1) is 7.34. The van der Waals surface area contributed by atoms with E-state index in [9.17, 15) is 0 Å². The van der Waals surface area contributed by atoms with E-state index in [0.717, 1.165) is 25.6 Å². The summed E-state index contributed by atoms with van der Waals surface area (Å²) in [6, 6.07) is 0. The molecule has 2 saturated heterocycles. The summed E-state index contributed by atoms with van der Waals surface area (Å²) < 4.78 is 0. The molecule has 2 rings (SSSR count). The van der Waals surface area contributed by atoms with Crippen molar-refractivity contribution < 1.29 is 0 Å². The molecule has 0 spiro atoms. The molecule has 2 N–H and O–H groups in total. The van der Waals surface area contributed by atoms with Crippen LogP contribution in [0.4, 0.5) is 0 Å². The largest absolute Gasteiger partial charge is 0.315 e. The van der Waals surface area contributed by atoms with Gasteiger partial charge in [-0.15, -0.1) is 0 Å². The highest BCUT2D eigenvalue weighted by Gasteiger charge is 2.22. The van der Waals surface area contributed by atoms with Crippen LogP contribution in [-0.4, -0.2) is 75.8 Å². The van der Waals surface area contributed by atoms with Gasteiger partial charge >= 0.3 is 0 Å². The molecule has 88 valence electrons. The molecule has 0 radical (unpaired) electrons. The summed E-state index contributed by atoms with van der Waals surface area (Å²) in [7, 11) is 2.19. The molecule has 4 nitrogen and oxygen atoms in total. The third-order valence-electron chi connectivity index (χ3n) is 3.39. The fraction of sp³-hybridized carbons (Fsp3) is 1.00. The zero-order valence-electron chi connectivity index (χ0n) is 9.84. The van der Waals surface area contributed by atoms with Crippen LogP contribution >= 0.6 is 0 Å². The first-order valence-electron chi connectivity index (χ1n) is 6.17. The molecule has 0 aromatic heterocycles. The number of hydrogen-bond acceptors (Lipinski definition) is 4. The smallest absolute Gasteiger partial charge is 0.0108 e. The molecule has 0 saturated carbocycles. The zero-order chi connectivity index (χ0) is 10.5. The number of nitrogens with one attached hydrogen (secondary N) is 2. The second-order valence-corrected chi connectivity index (χ2v) is 4.88. The van der Waals surface area contributed by atoms with Gasteiger partial charge in [0.2, 0.25) is 0 Å². The Morgan fingerprint density at radius 3 is 2.67 bits per heavy atom. The maximum Gasteiger partial charge on any atom is 0.0108 e. The monoisotopic (exact) mass is 212 g/mol. The lowest BCUT2D eigenvalue weighted by Crippen LogP contribution is -2.50. The van der Waals surface area contributed by atoms with Gasteiger partial charge in [0.15, 0.2) is 0 Å². The van der Waals surface area contributed by atoms with Gasteiger partial charge in [-0.25, -0.2) is 0 Å². The maximum atomic E-state index is 3.57. The second-order valence-electron chi connectivity index (χ2n) is 4.88. The molecular formula is C11H24N4. The van der Waals surface area contributed by atoms with E-state index in [0.29, 0.717) is 0 Å². The third-order valence-corrected chi connectivity index (χ3v) is 3.39. The molecule has 2 fully saturated rings. The van der Waals surface area contributed by atoms with E-state index >= 15 is 0 Å². The number of likely N-dealkylation sites (tertiary alicyclic amines) is 1. The lowest BCUT2D eigenvalue weighted by molar-refractivity contribution is 0.131. The fourth-order valence-electron chi connectivity index (χ4n) is 2.44. The van der Waals surface area contributed by atoms with Crippen LogP contribution in [0.25, 0.3) is 0 Å². The Morgan fingerprint density at radius 2 is 2.00 bits per heavy atom. The standard InChI is InChI=1S/C11H24N4/c1-14-9-11(10-14)8-13-4-7-15-5-2-12-3-6-15/h11-13H,2-10H2,1H3. The summed E-state index contributed by atoms with van der Waals surface area (Å²) in [6.45, 7) is 10.9. The maximum absolute atomic E-state index is 3.57. The first kappa shape index (κ1) is 11.3. The third kappa shape index (κ3) is 3.72. The van der Waals surface area contributed by atoms with Gasteiger partial charge in [-0.1, -0.05) is 0 Å². The lowest BCUT2D eigenvalue weighted by atomic mass is 10.0. The van der Waals surface area contributed by atoms with Gasteiger partial charge in [0.25, 0.3) is 0 Å². The van der Waals surface area contributed by atoms with Crippen molar-refractivity contribution >= 4 is 0 Å². The van der Waals surface area contributed by atoms with Gasteiger partial charge in [0.05, 0.1) is 0 Å². The van der Waals surface area contributed by atoms with Crippen LogP contribution in [0.5, 0.6) is 0 Å². The topological polar surface area (TPSA) is 30.5 Å². The van der Waals surface area contributed by atoms with Crippen LogP contribution in [-0.2, 0) is 0 Å². The molecule has 2 aliphatic heterocycles. The highest BCUT2D eigenvalue weighted by Crippen LogP contribution is 2.10. The molecule has 0 unspecified atom stereocenters. The van der Waals surface area contributed by atoms with E-state index in [-0.39, 0.29) is 0 Å². The molecule has 0 amide bonds. The Balaban J connectivity index is 1.44. The minimum absolute atomic E-state index is 0.901. The van der Waals surface area contributed by atoms with E-state index in [1.54, 1.807) is 0 Å². The predicted molar refractivity (Wildman–Crippen MR) is 63.2 cm³/mol. The summed E-state index contributed by atoms with van der Waals surface area (Å²) >= 11 is 0. The van der Waals surface area contributed by atoms with Crippen LogP contribution in [0.2, 0.25) is 0 Å². The van der Waals surface area contributed by atoms with Crippen molar-refractivity contribution in [1.82, 2.24) is 20.4 Å². The van der Waals surface area contributed by atoms with E-state index in [2.05, 4.69) is 27.5 Å². The van der Waals surface area contributed by atoms with Crippen molar-refractivity contribution in [3.8, 4) is 0 Å². The normalized spacial score (nSPS) is 25.4. The Kier molecular flexibility index (Phi) is 4.38. The van der Waals surface area contributed by atoms with Crippen molar-refractivity contribution in [3.05, 3.63) is 0 Å². The van der Waals surface area contributed by atoms with E-state index in [4.69, 9.17) is 0 Å². The van der Waals surface area contributed by atoms with Gasteiger partial charge in [0, 0.05) is 58.9 Å². The fourth-order valence-corrected chi connectivity index (χ4v) is 2.44. The average Bonchev–Trinajstić information content (AvgIpc) is 2.23. The molecule has 0 bridgehead atoms. The lowest BCUT2D eigenvalue weighted by Gasteiger charge is -2.36. The van der Waals surface area contributed by atoms with E-state index in [1.807, 2.05) is 0 Å². The van der Waals surface area contributed by atoms with Gasteiger partial charge < -0.3 is 15.5 Å². The van der Waals surface area contributed by atoms with Crippen molar-refractivity contribution in [1.29, 1.82) is 0 Å². The van der Waals surface area contributed by atoms with Gasteiger partial charge in [-0.2, -0.15) is 0 Å². The number of hydrogen-bond donors (Lipinski definition) is 2. The number of nitrogens with zero attached hydrogens (tertiary/aromatic N) is 2. The predicted octanol–water partition coefficient (Wildman–Crippen LogP) is -0.957. The molecule has 2 aliphatic rings. The van der Waals surface area contributed by atoms with Crippen LogP contribution < -0.4 is 10.6 Å². The van der Waals surface area contributed by atoms with Gasteiger partial charge in [0.1, 0.15) is 0 Å². The van der Waals surface area contributed by atoms with Crippen LogP contribution in [0, 0.1) is 5.92 Å². The summed E-state index contributed by atoms with van der Waals surface area (Å²) in [5.74, 6) is 0.901. The van der Waals surface area contributed by atoms with Gasteiger partial charge in [-0.05, 0) is 13.0 Å². The van der Waals surface area contributed by atoms with Crippen LogP contribution in [0.1, 0.15) is 0 Å². The summed E-state index contributed by atoms with van der Waals surface area (Å²) in [5, 5.41) is 6.95. The van der Waals surface area contributed by atoms with Crippen molar-refractivity contribution in [3.63, 3.8) is 0 Å². The Bertz CT molecular complexity index is 173. The summed E-state index contributed by atoms with van der Waals surface area (Å²) in [6.07, 6.45) is 0. The van der Waals surface area contributed by atoms with Crippen LogP contribution in [0.3, 0.4) is 0 Å². The molecular weight excluding hydrogens is 188 g/mol. The molecule has 4 heteroatoms. The molecule has 15 heavy (non-hydrogen) atoms. The highest BCUT2D eigenvalue weighted by atomic mass is 15.2. The molecule has 0 aromatic rings. The van der Waals surface area contributed by atoms with Crippen molar-refractivity contribution in [2.45, 2.75) is 0 Å².